The minimum atomic E-state index is -0.0129. The fourth-order valence-electron chi connectivity index (χ4n) is 3.83. The molecule has 2 aliphatic carbocycles. The molecule has 3 unspecified atom stereocenters. The van der Waals surface area contributed by atoms with Gasteiger partial charge in [-0.05, 0) is 44.4 Å². The van der Waals surface area contributed by atoms with Crippen LogP contribution in [0.5, 0.6) is 0 Å². The molecule has 0 spiro atoms. The number of aliphatic hydroxyl groups excluding tert-OH is 1. The van der Waals surface area contributed by atoms with E-state index in [0.29, 0.717) is 17.9 Å². The van der Waals surface area contributed by atoms with Crippen LogP contribution in [-0.4, -0.2) is 49.7 Å². The van der Waals surface area contributed by atoms with E-state index >= 15 is 0 Å². The third-order valence-electron chi connectivity index (χ3n) is 5.30. The third kappa shape index (κ3) is 3.53. The topological polar surface area (TPSA) is 50.7 Å². The van der Waals surface area contributed by atoms with Crippen LogP contribution in [0.3, 0.4) is 0 Å². The summed E-state index contributed by atoms with van der Waals surface area (Å²) in [5, 5.41) is 13.6. The zero-order valence-corrected chi connectivity index (χ0v) is 12.5. The Labute approximate surface area is 122 Å². The predicted octanol–water partition coefficient (Wildman–Crippen LogP) is 1.71. The molecule has 4 heteroatoms. The molecule has 0 aromatic carbocycles. The molecule has 0 aromatic rings. The highest BCUT2D eigenvalue weighted by atomic mass is 16.5. The molecule has 4 nitrogen and oxygen atoms in total. The lowest BCUT2D eigenvalue weighted by molar-refractivity contribution is 0.0591. The van der Waals surface area contributed by atoms with Gasteiger partial charge in [0.2, 0.25) is 0 Å². The molecule has 3 atom stereocenters. The lowest BCUT2D eigenvalue weighted by atomic mass is 9.85. The zero-order valence-electron chi connectivity index (χ0n) is 12.5. The SMILES string of the molecule is OCC1(NC2CC2)CCCC1CCOCC1CCOC1. The van der Waals surface area contributed by atoms with E-state index in [0.717, 1.165) is 45.7 Å². The highest BCUT2D eigenvalue weighted by molar-refractivity contribution is 5.02. The van der Waals surface area contributed by atoms with Gasteiger partial charge in [0.1, 0.15) is 0 Å². The molecule has 2 N–H and O–H groups in total. The summed E-state index contributed by atoms with van der Waals surface area (Å²) in [6, 6.07) is 0.666. The summed E-state index contributed by atoms with van der Waals surface area (Å²) in [5.41, 5.74) is -0.0129. The lowest BCUT2D eigenvalue weighted by Crippen LogP contribution is -2.52. The van der Waals surface area contributed by atoms with Crippen LogP contribution < -0.4 is 5.32 Å². The van der Waals surface area contributed by atoms with E-state index in [-0.39, 0.29) is 12.1 Å². The summed E-state index contributed by atoms with van der Waals surface area (Å²) in [6.45, 7) is 3.72. The Balaban J connectivity index is 1.40. The van der Waals surface area contributed by atoms with E-state index in [1.165, 1.54) is 25.7 Å². The molecular formula is C16H29NO3. The van der Waals surface area contributed by atoms with Crippen molar-refractivity contribution in [2.24, 2.45) is 11.8 Å². The average Bonchev–Trinajstić information content (AvgIpc) is 2.97. The molecule has 0 radical (unpaired) electrons. The van der Waals surface area contributed by atoms with Crippen molar-refractivity contribution in [3.8, 4) is 0 Å². The fourth-order valence-corrected chi connectivity index (χ4v) is 3.83. The number of hydrogen-bond donors (Lipinski definition) is 2. The van der Waals surface area contributed by atoms with Crippen molar-refractivity contribution in [2.75, 3.05) is 33.0 Å². The summed E-state index contributed by atoms with van der Waals surface area (Å²) >= 11 is 0. The van der Waals surface area contributed by atoms with Gasteiger partial charge in [0.05, 0.1) is 19.8 Å². The standard InChI is InChI=1S/C16H29NO3/c18-12-16(17-15-3-4-15)7-1-2-14(16)6-9-20-11-13-5-8-19-10-13/h13-15,17-18H,1-12H2. The Hall–Kier alpha value is -0.160. The first-order chi connectivity index (χ1) is 9.82. The Kier molecular flexibility index (Phi) is 4.97. The molecular weight excluding hydrogens is 254 g/mol. The van der Waals surface area contributed by atoms with Crippen LogP contribution in [0.25, 0.3) is 0 Å². The van der Waals surface area contributed by atoms with Crippen LogP contribution in [0.4, 0.5) is 0 Å². The van der Waals surface area contributed by atoms with Crippen LogP contribution >= 0.6 is 0 Å². The number of aliphatic hydroxyl groups is 1. The third-order valence-corrected chi connectivity index (χ3v) is 5.30. The number of rotatable bonds is 8. The van der Waals surface area contributed by atoms with Gasteiger partial charge in [-0.3, -0.25) is 0 Å². The molecule has 0 aromatic heterocycles. The molecule has 116 valence electrons. The number of nitrogens with one attached hydrogen (secondary N) is 1. The van der Waals surface area contributed by atoms with Gasteiger partial charge in [-0.25, -0.2) is 0 Å². The molecule has 1 heterocycles. The lowest BCUT2D eigenvalue weighted by Gasteiger charge is -2.35. The van der Waals surface area contributed by atoms with E-state index in [1.54, 1.807) is 0 Å². The Bertz CT molecular complexity index is 302. The number of ether oxygens (including phenoxy) is 2. The summed E-state index contributed by atoms with van der Waals surface area (Å²) in [5.74, 6) is 1.18. The van der Waals surface area contributed by atoms with Crippen LogP contribution in [0.2, 0.25) is 0 Å². The van der Waals surface area contributed by atoms with Crippen LogP contribution in [0, 0.1) is 11.8 Å². The van der Waals surface area contributed by atoms with Gasteiger partial charge in [0, 0.05) is 30.7 Å². The fraction of sp³-hybridized carbons (Fsp3) is 1.00. The molecule has 20 heavy (non-hydrogen) atoms. The van der Waals surface area contributed by atoms with Gasteiger partial charge >= 0.3 is 0 Å². The largest absolute Gasteiger partial charge is 0.394 e. The molecule has 3 aliphatic rings. The summed E-state index contributed by atoms with van der Waals surface area (Å²) in [6.07, 6.45) is 8.39. The van der Waals surface area contributed by atoms with Crippen molar-refractivity contribution >= 4 is 0 Å². The van der Waals surface area contributed by atoms with Crippen LogP contribution in [0.1, 0.15) is 44.9 Å². The smallest absolute Gasteiger partial charge is 0.0616 e. The van der Waals surface area contributed by atoms with Gasteiger partial charge in [-0.2, -0.15) is 0 Å². The highest BCUT2D eigenvalue weighted by Crippen LogP contribution is 2.40. The van der Waals surface area contributed by atoms with Crippen molar-refractivity contribution < 1.29 is 14.6 Å². The molecule has 0 amide bonds. The first kappa shape index (κ1) is 14.8. The maximum atomic E-state index is 9.87. The van der Waals surface area contributed by atoms with Crippen molar-refractivity contribution in [3.05, 3.63) is 0 Å². The molecule has 3 rings (SSSR count). The second-order valence-electron chi connectivity index (χ2n) is 6.92. The van der Waals surface area contributed by atoms with Crippen LogP contribution in [0.15, 0.2) is 0 Å². The zero-order chi connectivity index (χ0) is 13.8. The Morgan fingerprint density at radius 1 is 1.25 bits per heavy atom. The van der Waals surface area contributed by atoms with E-state index in [1.807, 2.05) is 0 Å². The van der Waals surface area contributed by atoms with Gasteiger partial charge in [0.15, 0.2) is 0 Å². The monoisotopic (exact) mass is 283 g/mol. The Morgan fingerprint density at radius 3 is 2.85 bits per heavy atom. The summed E-state index contributed by atoms with van der Waals surface area (Å²) < 4.78 is 11.2. The summed E-state index contributed by atoms with van der Waals surface area (Å²) in [7, 11) is 0. The van der Waals surface area contributed by atoms with Gasteiger partial charge in [-0.1, -0.05) is 6.42 Å². The second kappa shape index (κ2) is 6.73. The number of hydrogen-bond acceptors (Lipinski definition) is 4. The first-order valence-electron chi connectivity index (χ1n) is 8.36. The highest BCUT2D eigenvalue weighted by Gasteiger charge is 2.44. The van der Waals surface area contributed by atoms with E-state index in [4.69, 9.17) is 9.47 Å². The van der Waals surface area contributed by atoms with Crippen molar-refractivity contribution in [2.45, 2.75) is 56.5 Å². The molecule has 1 aliphatic heterocycles. The molecule has 1 saturated heterocycles. The van der Waals surface area contributed by atoms with Crippen LogP contribution in [-0.2, 0) is 9.47 Å². The normalized spacial score (nSPS) is 37.6. The van der Waals surface area contributed by atoms with Gasteiger partial charge in [0.25, 0.3) is 0 Å². The van der Waals surface area contributed by atoms with Gasteiger partial charge < -0.3 is 19.9 Å². The maximum Gasteiger partial charge on any atom is 0.0616 e. The van der Waals surface area contributed by atoms with Crippen molar-refractivity contribution in [3.63, 3.8) is 0 Å². The minimum Gasteiger partial charge on any atom is -0.394 e. The summed E-state index contributed by atoms with van der Waals surface area (Å²) in [4.78, 5) is 0. The van der Waals surface area contributed by atoms with Gasteiger partial charge in [-0.15, -0.1) is 0 Å². The van der Waals surface area contributed by atoms with E-state index in [9.17, 15) is 5.11 Å². The van der Waals surface area contributed by atoms with Crippen molar-refractivity contribution in [1.82, 2.24) is 5.32 Å². The molecule has 2 saturated carbocycles. The van der Waals surface area contributed by atoms with Crippen molar-refractivity contribution in [1.29, 1.82) is 0 Å². The second-order valence-corrected chi connectivity index (χ2v) is 6.92. The predicted molar refractivity (Wildman–Crippen MR) is 77.7 cm³/mol. The quantitative estimate of drug-likeness (QED) is 0.666. The first-order valence-corrected chi connectivity index (χ1v) is 8.36. The molecule has 3 fully saturated rings. The maximum absolute atomic E-state index is 9.87. The minimum absolute atomic E-state index is 0.0129. The average molecular weight is 283 g/mol. The van der Waals surface area contributed by atoms with E-state index < -0.39 is 0 Å². The Morgan fingerprint density at radius 2 is 2.15 bits per heavy atom. The molecule has 0 bridgehead atoms. The van der Waals surface area contributed by atoms with E-state index in [2.05, 4.69) is 5.32 Å².